The fourth-order valence-corrected chi connectivity index (χ4v) is 1.46. The molecular formula is C9H8BNO2. The fourth-order valence-electron chi connectivity index (χ4n) is 1.46. The topological polar surface area (TPSA) is 37.4 Å². The number of carbonyl (C=O) groups excluding carboxylic acids is 2. The molecular weight excluding hydrogens is 165 g/mol. The first-order valence-electron chi connectivity index (χ1n) is 4.09. The highest BCUT2D eigenvalue weighted by Crippen LogP contribution is 2.17. The van der Waals surface area contributed by atoms with Crippen LogP contribution in [-0.4, -0.2) is 24.6 Å². The molecule has 1 aliphatic heterocycles. The Bertz CT molecular complexity index is 389. The van der Waals surface area contributed by atoms with Crippen molar-refractivity contribution >= 4 is 19.8 Å². The average molecular weight is 173 g/mol. The van der Waals surface area contributed by atoms with Crippen LogP contribution in [0.3, 0.4) is 0 Å². The third-order valence-electron chi connectivity index (χ3n) is 2.27. The van der Waals surface area contributed by atoms with Gasteiger partial charge < -0.3 is 4.81 Å². The molecule has 0 aromatic heterocycles. The number of hydrogen-bond acceptors (Lipinski definition) is 2. The van der Waals surface area contributed by atoms with E-state index >= 15 is 0 Å². The molecule has 3 nitrogen and oxygen atoms in total. The van der Waals surface area contributed by atoms with Gasteiger partial charge in [-0.3, -0.25) is 9.59 Å². The lowest BCUT2D eigenvalue weighted by Gasteiger charge is -2.23. The predicted octanol–water partition coefficient (Wildman–Crippen LogP) is -0.240. The van der Waals surface area contributed by atoms with Crippen LogP contribution < -0.4 is 0 Å². The average Bonchev–Trinajstić information content (AvgIpc) is 2.15. The monoisotopic (exact) mass is 173 g/mol. The summed E-state index contributed by atoms with van der Waals surface area (Å²) in [5.74, 6) is -0.337. The van der Waals surface area contributed by atoms with E-state index < -0.39 is 0 Å². The number of benzene rings is 1. The van der Waals surface area contributed by atoms with Crippen LogP contribution in [-0.2, 0) is 11.2 Å². The highest BCUT2D eigenvalue weighted by molar-refractivity contribution is 6.29. The predicted molar refractivity (Wildman–Crippen MR) is 49.9 cm³/mol. The molecule has 0 unspecified atom stereocenters. The molecule has 0 aliphatic carbocycles. The molecule has 4 heteroatoms. The quantitative estimate of drug-likeness (QED) is 0.401. The van der Waals surface area contributed by atoms with Crippen LogP contribution in [0.1, 0.15) is 15.9 Å². The lowest BCUT2D eigenvalue weighted by Crippen LogP contribution is -2.40. The van der Waals surface area contributed by atoms with Gasteiger partial charge in [0.2, 0.25) is 19.8 Å². The second-order valence-corrected chi connectivity index (χ2v) is 3.09. The highest BCUT2D eigenvalue weighted by atomic mass is 16.2. The summed E-state index contributed by atoms with van der Waals surface area (Å²) in [5, 5.41) is 0. The lowest BCUT2D eigenvalue weighted by molar-refractivity contribution is -0.124. The Kier molecular flexibility index (Phi) is 1.69. The third-order valence-corrected chi connectivity index (χ3v) is 2.27. The Morgan fingerprint density at radius 3 is 2.69 bits per heavy atom. The van der Waals surface area contributed by atoms with Crippen LogP contribution in [0.15, 0.2) is 24.3 Å². The van der Waals surface area contributed by atoms with Gasteiger partial charge in [-0.15, -0.1) is 0 Å². The Balaban J connectivity index is 2.55. The van der Waals surface area contributed by atoms with Gasteiger partial charge in [-0.05, 0) is 11.6 Å². The van der Waals surface area contributed by atoms with Crippen molar-refractivity contribution in [2.24, 2.45) is 0 Å². The molecule has 0 fully saturated rings. The highest BCUT2D eigenvalue weighted by Gasteiger charge is 2.26. The van der Waals surface area contributed by atoms with E-state index in [1.165, 1.54) is 12.8 Å². The summed E-state index contributed by atoms with van der Waals surface area (Å²) >= 11 is 0. The molecule has 1 aliphatic rings. The van der Waals surface area contributed by atoms with E-state index in [0.29, 0.717) is 12.0 Å². The third kappa shape index (κ3) is 1.14. The number of amides is 2. The summed E-state index contributed by atoms with van der Waals surface area (Å²) in [5.41, 5.74) is 1.47. The van der Waals surface area contributed by atoms with Gasteiger partial charge in [0.1, 0.15) is 0 Å². The van der Waals surface area contributed by atoms with E-state index in [1.54, 1.807) is 12.1 Å². The normalized spacial score (nSPS) is 15.8. The molecule has 13 heavy (non-hydrogen) atoms. The molecule has 0 atom stereocenters. The van der Waals surface area contributed by atoms with Crippen molar-refractivity contribution < 1.29 is 9.59 Å². The van der Waals surface area contributed by atoms with Gasteiger partial charge in [-0.1, -0.05) is 18.2 Å². The van der Waals surface area contributed by atoms with Crippen LogP contribution in [0.25, 0.3) is 0 Å². The molecule has 2 rings (SSSR count). The summed E-state index contributed by atoms with van der Waals surface area (Å²) < 4.78 is 0. The summed E-state index contributed by atoms with van der Waals surface area (Å²) in [6.07, 6.45) is 0.332. The maximum Gasteiger partial charge on any atom is 0.248 e. The molecule has 1 heterocycles. The van der Waals surface area contributed by atoms with Crippen molar-refractivity contribution in [2.45, 2.75) is 6.42 Å². The van der Waals surface area contributed by atoms with Crippen molar-refractivity contribution in [2.75, 3.05) is 0 Å². The number of fused-ring (bicyclic) bond motifs is 1. The fraction of sp³-hybridized carbons (Fsp3) is 0.111. The van der Waals surface area contributed by atoms with Crippen LogP contribution in [0.2, 0.25) is 0 Å². The van der Waals surface area contributed by atoms with Gasteiger partial charge in [-0.2, -0.15) is 0 Å². The van der Waals surface area contributed by atoms with Crippen molar-refractivity contribution in [3.63, 3.8) is 0 Å². The SMILES string of the molecule is BN1C(=O)Cc2ccccc2C1=O. The van der Waals surface area contributed by atoms with Gasteiger partial charge in [0.05, 0.1) is 6.42 Å². The molecule has 0 saturated heterocycles. The molecule has 64 valence electrons. The zero-order chi connectivity index (χ0) is 9.42. The number of nitrogens with zero attached hydrogens (tertiary/aromatic N) is 1. The minimum atomic E-state index is -0.202. The van der Waals surface area contributed by atoms with Crippen LogP contribution in [0.4, 0.5) is 0 Å². The Morgan fingerprint density at radius 1 is 1.23 bits per heavy atom. The van der Waals surface area contributed by atoms with E-state index in [9.17, 15) is 9.59 Å². The van der Waals surface area contributed by atoms with Crippen molar-refractivity contribution in [3.8, 4) is 0 Å². The number of carbonyl (C=O) groups is 2. The summed E-state index contributed by atoms with van der Waals surface area (Å²) in [4.78, 5) is 24.0. The van der Waals surface area contributed by atoms with E-state index in [-0.39, 0.29) is 11.8 Å². The molecule has 0 bridgehead atoms. The molecule has 0 spiro atoms. The lowest BCUT2D eigenvalue weighted by atomic mass is 9.96. The van der Waals surface area contributed by atoms with Crippen molar-refractivity contribution in [1.29, 1.82) is 0 Å². The second kappa shape index (κ2) is 2.73. The standard InChI is InChI=1S/C9H8BNO2/c10-11-8(12)5-6-3-1-2-4-7(6)9(11)13/h1-4H,5,10H2. The van der Waals surface area contributed by atoms with Gasteiger partial charge in [0.15, 0.2) is 0 Å². The minimum Gasteiger partial charge on any atom is -0.332 e. The summed E-state index contributed by atoms with van der Waals surface area (Å²) in [6, 6.07) is 7.21. The molecule has 0 radical (unpaired) electrons. The molecule has 0 N–H and O–H groups in total. The van der Waals surface area contributed by atoms with E-state index in [0.717, 1.165) is 5.56 Å². The van der Waals surface area contributed by atoms with Gasteiger partial charge >= 0.3 is 0 Å². The van der Waals surface area contributed by atoms with Crippen molar-refractivity contribution in [1.82, 2.24) is 4.81 Å². The van der Waals surface area contributed by atoms with Crippen molar-refractivity contribution in [3.05, 3.63) is 35.4 Å². The van der Waals surface area contributed by atoms with Gasteiger partial charge in [0.25, 0.3) is 0 Å². The Morgan fingerprint density at radius 2 is 1.92 bits per heavy atom. The Labute approximate surface area is 76.8 Å². The number of hydrogen-bond donors (Lipinski definition) is 0. The first kappa shape index (κ1) is 8.04. The van der Waals surface area contributed by atoms with Gasteiger partial charge in [-0.25, -0.2) is 0 Å². The van der Waals surface area contributed by atoms with Crippen LogP contribution in [0, 0.1) is 0 Å². The first-order valence-corrected chi connectivity index (χ1v) is 4.09. The molecule has 2 amide bonds. The van der Waals surface area contributed by atoms with E-state index in [1.807, 2.05) is 12.1 Å². The van der Waals surface area contributed by atoms with Crippen LogP contribution >= 0.6 is 0 Å². The molecule has 1 aromatic rings. The Hall–Kier alpha value is -1.58. The number of rotatable bonds is 0. The second-order valence-electron chi connectivity index (χ2n) is 3.09. The van der Waals surface area contributed by atoms with Gasteiger partial charge in [0, 0.05) is 5.56 Å². The first-order chi connectivity index (χ1) is 6.20. The summed E-state index contributed by atoms with van der Waals surface area (Å²) in [7, 11) is 1.51. The van der Waals surface area contributed by atoms with E-state index in [4.69, 9.17) is 0 Å². The molecule has 0 saturated carbocycles. The molecule has 1 aromatic carbocycles. The number of imide groups is 1. The minimum absolute atomic E-state index is 0.135. The summed E-state index contributed by atoms with van der Waals surface area (Å²) in [6.45, 7) is 0. The largest absolute Gasteiger partial charge is 0.332 e. The zero-order valence-electron chi connectivity index (χ0n) is 7.28. The zero-order valence-corrected chi connectivity index (χ0v) is 7.28. The smallest absolute Gasteiger partial charge is 0.248 e. The van der Waals surface area contributed by atoms with Crippen LogP contribution in [0.5, 0.6) is 0 Å². The maximum absolute atomic E-state index is 11.5. The van der Waals surface area contributed by atoms with E-state index in [2.05, 4.69) is 0 Å². The maximum atomic E-state index is 11.5.